The van der Waals surface area contributed by atoms with Crippen molar-refractivity contribution in [1.82, 2.24) is 9.78 Å². The standard InChI is InChI=1S/C17H23N3O/c1-3-20-14(11-13(2)18-20)12-19-10-6-9-17(21)15-7-4-5-8-16(15)19/h4-5,7-8,11,17,21H,3,6,9-10,12H2,1-2H3. The zero-order chi connectivity index (χ0) is 14.8. The van der Waals surface area contributed by atoms with E-state index in [9.17, 15) is 5.11 Å². The third kappa shape index (κ3) is 2.81. The predicted octanol–water partition coefficient (Wildman–Crippen LogP) is 3.05. The first kappa shape index (κ1) is 14.1. The summed E-state index contributed by atoms with van der Waals surface area (Å²) in [5, 5.41) is 14.8. The summed E-state index contributed by atoms with van der Waals surface area (Å²) in [6.07, 6.45) is 1.50. The summed E-state index contributed by atoms with van der Waals surface area (Å²) in [5.74, 6) is 0. The normalized spacial score (nSPS) is 18.4. The number of aromatic nitrogens is 2. The van der Waals surface area contributed by atoms with Crippen molar-refractivity contribution < 1.29 is 5.11 Å². The van der Waals surface area contributed by atoms with Crippen molar-refractivity contribution in [1.29, 1.82) is 0 Å². The minimum absolute atomic E-state index is 0.343. The number of aryl methyl sites for hydroxylation is 2. The molecule has 112 valence electrons. The minimum atomic E-state index is -0.343. The van der Waals surface area contributed by atoms with Gasteiger partial charge in [0.05, 0.1) is 24.0 Å². The number of aliphatic hydroxyl groups is 1. The van der Waals surface area contributed by atoms with E-state index in [-0.39, 0.29) is 6.10 Å². The van der Waals surface area contributed by atoms with Crippen molar-refractivity contribution >= 4 is 5.69 Å². The monoisotopic (exact) mass is 285 g/mol. The number of nitrogens with zero attached hydrogens (tertiary/aromatic N) is 3. The molecule has 1 aliphatic heterocycles. The number of benzene rings is 1. The Labute approximate surface area is 126 Å². The van der Waals surface area contributed by atoms with E-state index >= 15 is 0 Å². The molecule has 1 N–H and O–H groups in total. The van der Waals surface area contributed by atoms with Crippen LogP contribution < -0.4 is 4.90 Å². The number of anilines is 1. The van der Waals surface area contributed by atoms with Gasteiger partial charge in [-0.05, 0) is 38.8 Å². The van der Waals surface area contributed by atoms with Gasteiger partial charge >= 0.3 is 0 Å². The second-order valence-corrected chi connectivity index (χ2v) is 5.73. The smallest absolute Gasteiger partial charge is 0.0810 e. The number of fused-ring (bicyclic) bond motifs is 1. The molecule has 1 aliphatic rings. The molecular weight excluding hydrogens is 262 g/mol. The van der Waals surface area contributed by atoms with E-state index in [0.717, 1.165) is 49.4 Å². The van der Waals surface area contributed by atoms with Gasteiger partial charge in [-0.3, -0.25) is 4.68 Å². The summed E-state index contributed by atoms with van der Waals surface area (Å²) in [4.78, 5) is 2.37. The molecule has 0 saturated heterocycles. The number of rotatable bonds is 3. The van der Waals surface area contributed by atoms with Gasteiger partial charge in [0.2, 0.25) is 0 Å². The molecule has 0 bridgehead atoms. The molecule has 1 atom stereocenters. The Morgan fingerprint density at radius 3 is 2.95 bits per heavy atom. The van der Waals surface area contributed by atoms with E-state index in [1.807, 2.05) is 25.1 Å². The van der Waals surface area contributed by atoms with Crippen LogP contribution in [0.2, 0.25) is 0 Å². The van der Waals surface area contributed by atoms with Crippen LogP contribution in [-0.4, -0.2) is 21.4 Å². The van der Waals surface area contributed by atoms with Gasteiger partial charge < -0.3 is 10.0 Å². The molecule has 0 aliphatic carbocycles. The Balaban J connectivity index is 1.93. The molecule has 0 spiro atoms. The zero-order valence-corrected chi connectivity index (χ0v) is 12.8. The van der Waals surface area contributed by atoms with Crippen LogP contribution in [0, 0.1) is 6.92 Å². The van der Waals surface area contributed by atoms with E-state index in [2.05, 4.69) is 33.7 Å². The van der Waals surface area contributed by atoms with Gasteiger partial charge in [0, 0.05) is 24.3 Å². The lowest BCUT2D eigenvalue weighted by Crippen LogP contribution is -2.25. The van der Waals surface area contributed by atoms with Gasteiger partial charge in [0.15, 0.2) is 0 Å². The molecule has 2 heterocycles. The molecular formula is C17H23N3O. The van der Waals surface area contributed by atoms with Gasteiger partial charge in [-0.2, -0.15) is 5.10 Å². The quantitative estimate of drug-likeness (QED) is 0.942. The average molecular weight is 285 g/mol. The summed E-state index contributed by atoms with van der Waals surface area (Å²) in [6, 6.07) is 10.4. The van der Waals surface area contributed by atoms with Crippen LogP contribution >= 0.6 is 0 Å². The van der Waals surface area contributed by atoms with Crippen LogP contribution in [0.1, 0.15) is 42.8 Å². The van der Waals surface area contributed by atoms with Crippen molar-refractivity contribution in [3.8, 4) is 0 Å². The fourth-order valence-electron chi connectivity index (χ4n) is 3.17. The third-order valence-electron chi connectivity index (χ3n) is 4.18. The average Bonchev–Trinajstić information content (AvgIpc) is 2.77. The van der Waals surface area contributed by atoms with E-state index in [1.54, 1.807) is 0 Å². The third-order valence-corrected chi connectivity index (χ3v) is 4.18. The lowest BCUT2D eigenvalue weighted by molar-refractivity contribution is 0.168. The van der Waals surface area contributed by atoms with Gasteiger partial charge in [-0.25, -0.2) is 0 Å². The predicted molar refractivity (Wildman–Crippen MR) is 84.3 cm³/mol. The first-order valence-electron chi connectivity index (χ1n) is 7.74. The fraction of sp³-hybridized carbons (Fsp3) is 0.471. The van der Waals surface area contributed by atoms with Crippen molar-refractivity contribution in [2.75, 3.05) is 11.4 Å². The van der Waals surface area contributed by atoms with Crippen LogP contribution in [-0.2, 0) is 13.1 Å². The maximum atomic E-state index is 10.3. The number of hydrogen-bond acceptors (Lipinski definition) is 3. The lowest BCUT2D eigenvalue weighted by atomic mass is 10.0. The van der Waals surface area contributed by atoms with E-state index in [0.29, 0.717) is 0 Å². The molecule has 3 rings (SSSR count). The highest BCUT2D eigenvalue weighted by Gasteiger charge is 2.21. The first-order chi connectivity index (χ1) is 10.2. The maximum absolute atomic E-state index is 10.3. The molecule has 4 heteroatoms. The molecule has 0 fully saturated rings. The Bertz CT molecular complexity index is 620. The number of aliphatic hydroxyl groups excluding tert-OH is 1. The number of hydrogen-bond donors (Lipinski definition) is 1. The highest BCUT2D eigenvalue weighted by molar-refractivity contribution is 5.55. The fourth-order valence-corrected chi connectivity index (χ4v) is 3.17. The zero-order valence-electron chi connectivity index (χ0n) is 12.8. The second-order valence-electron chi connectivity index (χ2n) is 5.73. The molecule has 21 heavy (non-hydrogen) atoms. The summed E-state index contributed by atoms with van der Waals surface area (Å²) < 4.78 is 2.07. The maximum Gasteiger partial charge on any atom is 0.0810 e. The minimum Gasteiger partial charge on any atom is -0.388 e. The van der Waals surface area contributed by atoms with Crippen LogP contribution in [0.25, 0.3) is 0 Å². The van der Waals surface area contributed by atoms with Crippen LogP contribution in [0.5, 0.6) is 0 Å². The van der Waals surface area contributed by atoms with Gasteiger partial charge in [-0.15, -0.1) is 0 Å². The highest BCUT2D eigenvalue weighted by Crippen LogP contribution is 2.33. The molecule has 1 aromatic heterocycles. The lowest BCUT2D eigenvalue weighted by Gasteiger charge is -2.25. The summed E-state index contributed by atoms with van der Waals surface area (Å²) in [7, 11) is 0. The molecule has 0 amide bonds. The van der Waals surface area contributed by atoms with E-state index in [4.69, 9.17) is 0 Å². The van der Waals surface area contributed by atoms with Gasteiger partial charge in [0.1, 0.15) is 0 Å². The molecule has 1 aromatic carbocycles. The van der Waals surface area contributed by atoms with Gasteiger partial charge in [0.25, 0.3) is 0 Å². The second kappa shape index (κ2) is 5.90. The van der Waals surface area contributed by atoms with Gasteiger partial charge in [-0.1, -0.05) is 18.2 Å². The Kier molecular flexibility index (Phi) is 3.97. The van der Waals surface area contributed by atoms with Crippen molar-refractivity contribution in [2.45, 2.75) is 45.9 Å². The Morgan fingerprint density at radius 1 is 1.33 bits per heavy atom. The van der Waals surface area contributed by atoms with Crippen molar-refractivity contribution in [3.05, 3.63) is 47.3 Å². The number of para-hydroxylation sites is 1. The van der Waals surface area contributed by atoms with Crippen LogP contribution in [0.15, 0.2) is 30.3 Å². The van der Waals surface area contributed by atoms with Crippen LogP contribution in [0.4, 0.5) is 5.69 Å². The Morgan fingerprint density at radius 2 is 2.14 bits per heavy atom. The van der Waals surface area contributed by atoms with Crippen molar-refractivity contribution in [3.63, 3.8) is 0 Å². The topological polar surface area (TPSA) is 41.3 Å². The largest absolute Gasteiger partial charge is 0.388 e. The summed E-state index contributed by atoms with van der Waals surface area (Å²) in [5.41, 5.74) is 4.51. The molecule has 0 saturated carbocycles. The molecule has 4 nitrogen and oxygen atoms in total. The highest BCUT2D eigenvalue weighted by atomic mass is 16.3. The first-order valence-corrected chi connectivity index (χ1v) is 7.74. The SMILES string of the molecule is CCn1nc(C)cc1CN1CCCC(O)c2ccccc21. The van der Waals surface area contributed by atoms with Crippen molar-refractivity contribution in [2.24, 2.45) is 0 Å². The summed E-state index contributed by atoms with van der Waals surface area (Å²) >= 11 is 0. The van der Waals surface area contributed by atoms with E-state index < -0.39 is 0 Å². The Hall–Kier alpha value is -1.81. The molecule has 1 unspecified atom stereocenters. The molecule has 2 aromatic rings. The summed E-state index contributed by atoms with van der Waals surface area (Å²) in [6.45, 7) is 6.87. The van der Waals surface area contributed by atoms with Crippen LogP contribution in [0.3, 0.4) is 0 Å². The van der Waals surface area contributed by atoms with E-state index in [1.165, 1.54) is 5.69 Å². The molecule has 0 radical (unpaired) electrons.